The number of thioether (sulfide) groups is 1. The van der Waals surface area contributed by atoms with Crippen molar-refractivity contribution in [3.63, 3.8) is 0 Å². The number of rotatable bonds is 8. The average Bonchev–Trinajstić information content (AvgIpc) is 3.26. The summed E-state index contributed by atoms with van der Waals surface area (Å²) >= 11 is 3.11. The number of aromatic amines is 2. The van der Waals surface area contributed by atoms with Gasteiger partial charge < -0.3 is 16.5 Å². The smallest absolute Gasteiger partial charge is 0.276 e. The summed E-state index contributed by atoms with van der Waals surface area (Å²) in [5.74, 6) is 2.26. The first kappa shape index (κ1) is 19.1. The maximum Gasteiger partial charge on any atom is 0.276 e. The fourth-order valence-corrected chi connectivity index (χ4v) is 4.09. The topological polar surface area (TPSA) is 152 Å². The van der Waals surface area contributed by atoms with Gasteiger partial charge >= 0.3 is 0 Å². The molecule has 0 radical (unpaired) electrons. The Hall–Kier alpha value is -2.66. The molecule has 0 aliphatic heterocycles. The Kier molecular flexibility index (Phi) is 6.24. The van der Waals surface area contributed by atoms with Crippen molar-refractivity contribution in [2.24, 2.45) is 16.5 Å². The average molecular weight is 405 g/mol. The highest BCUT2D eigenvalue weighted by Gasteiger charge is 2.10. The number of aromatic nitrogens is 5. The molecule has 3 aromatic rings. The summed E-state index contributed by atoms with van der Waals surface area (Å²) in [6.07, 6.45) is 2.88. The molecule has 0 saturated carbocycles. The van der Waals surface area contributed by atoms with E-state index in [0.717, 1.165) is 28.6 Å². The summed E-state index contributed by atoms with van der Waals surface area (Å²) in [5, 5.41) is 9.33. The van der Waals surface area contributed by atoms with Crippen molar-refractivity contribution in [1.29, 1.82) is 0 Å². The molecule has 0 atom stereocenters. The minimum absolute atomic E-state index is 0.00434. The van der Waals surface area contributed by atoms with Gasteiger partial charge in [-0.15, -0.1) is 11.3 Å². The molecule has 0 aliphatic carbocycles. The standard InChI is InChI=1S/C16H20N8OS2/c1-9-12(6-10-2-4-19-24-10)14(25)22-13(20-9)3-5-26-7-11-8-27-16(21-11)23-15(17)18/h2,4,8H,3,5-7H2,1H3,(H,19,24)(H,20,22,25)(H4,17,18,21,23). The predicted molar refractivity (Wildman–Crippen MR) is 108 cm³/mol. The van der Waals surface area contributed by atoms with Crippen LogP contribution in [0, 0.1) is 6.92 Å². The Morgan fingerprint density at radius 3 is 2.89 bits per heavy atom. The van der Waals surface area contributed by atoms with Gasteiger partial charge in [0.05, 0.1) is 11.4 Å². The van der Waals surface area contributed by atoms with E-state index in [2.05, 4.69) is 30.1 Å². The SMILES string of the molecule is Cc1[nH]c(CCSCc2csc(N=C(N)N)n2)nc(=O)c1Cc1cc[nH]n1. The van der Waals surface area contributed by atoms with Gasteiger partial charge in [0, 0.05) is 47.2 Å². The van der Waals surface area contributed by atoms with E-state index in [-0.39, 0.29) is 11.5 Å². The molecule has 0 amide bonds. The summed E-state index contributed by atoms with van der Waals surface area (Å²) in [5.41, 5.74) is 13.7. The van der Waals surface area contributed by atoms with Crippen LogP contribution in [-0.2, 0) is 18.6 Å². The summed E-state index contributed by atoms with van der Waals surface area (Å²) in [4.78, 5) is 28.0. The molecule has 0 fully saturated rings. The maximum atomic E-state index is 12.3. The van der Waals surface area contributed by atoms with Gasteiger partial charge in [-0.05, 0) is 13.0 Å². The first-order valence-corrected chi connectivity index (χ1v) is 10.2. The monoisotopic (exact) mass is 404 g/mol. The number of H-pyrrole nitrogens is 2. The normalized spacial score (nSPS) is 10.9. The van der Waals surface area contributed by atoms with E-state index >= 15 is 0 Å². The van der Waals surface area contributed by atoms with Gasteiger partial charge in [-0.3, -0.25) is 9.89 Å². The zero-order valence-electron chi connectivity index (χ0n) is 14.7. The number of aryl methyl sites for hydroxylation is 2. The minimum atomic E-state index is -0.198. The number of thiazole rings is 1. The lowest BCUT2D eigenvalue weighted by molar-refractivity contribution is 0.864. The molecule has 0 bridgehead atoms. The number of hydrogen-bond acceptors (Lipinski definition) is 7. The van der Waals surface area contributed by atoms with Gasteiger partial charge in [0.1, 0.15) is 5.82 Å². The lowest BCUT2D eigenvalue weighted by Gasteiger charge is -2.06. The highest BCUT2D eigenvalue weighted by atomic mass is 32.2. The van der Waals surface area contributed by atoms with Crippen molar-refractivity contribution >= 4 is 34.2 Å². The van der Waals surface area contributed by atoms with E-state index < -0.39 is 0 Å². The van der Waals surface area contributed by atoms with Crippen LogP contribution in [0.1, 0.15) is 28.5 Å². The number of nitrogens with zero attached hydrogens (tertiary/aromatic N) is 4. The van der Waals surface area contributed by atoms with Crippen LogP contribution in [0.2, 0.25) is 0 Å². The van der Waals surface area contributed by atoms with Crippen molar-refractivity contribution in [1.82, 2.24) is 25.1 Å². The quantitative estimate of drug-likeness (QED) is 0.250. The molecule has 0 spiro atoms. The van der Waals surface area contributed by atoms with Crippen LogP contribution >= 0.6 is 23.1 Å². The summed E-state index contributed by atoms with van der Waals surface area (Å²) < 4.78 is 0. The molecule has 3 rings (SSSR count). The molecular formula is C16H20N8OS2. The Bertz CT molecular complexity index is 973. The molecule has 0 aliphatic rings. The Morgan fingerprint density at radius 1 is 1.33 bits per heavy atom. The molecular weight excluding hydrogens is 384 g/mol. The van der Waals surface area contributed by atoms with Crippen LogP contribution in [0.3, 0.4) is 0 Å². The molecule has 0 aromatic carbocycles. The fourth-order valence-electron chi connectivity index (χ4n) is 2.44. The van der Waals surface area contributed by atoms with Crippen LogP contribution in [0.25, 0.3) is 0 Å². The highest BCUT2D eigenvalue weighted by molar-refractivity contribution is 7.98. The lowest BCUT2D eigenvalue weighted by atomic mass is 10.1. The zero-order chi connectivity index (χ0) is 19.2. The van der Waals surface area contributed by atoms with Crippen LogP contribution in [0.5, 0.6) is 0 Å². The van der Waals surface area contributed by atoms with E-state index in [1.807, 2.05) is 18.4 Å². The molecule has 11 heteroatoms. The van der Waals surface area contributed by atoms with Crippen LogP contribution in [-0.4, -0.2) is 36.9 Å². The second-order valence-corrected chi connectivity index (χ2v) is 7.74. The third-order valence-electron chi connectivity index (χ3n) is 3.69. The largest absolute Gasteiger partial charge is 0.370 e. The van der Waals surface area contributed by atoms with Gasteiger partial charge in [-0.2, -0.15) is 26.8 Å². The minimum Gasteiger partial charge on any atom is -0.370 e. The molecule has 27 heavy (non-hydrogen) atoms. The van der Waals surface area contributed by atoms with E-state index in [9.17, 15) is 4.79 Å². The second-order valence-electron chi connectivity index (χ2n) is 5.80. The van der Waals surface area contributed by atoms with Crippen LogP contribution in [0.15, 0.2) is 27.4 Å². The van der Waals surface area contributed by atoms with Crippen molar-refractivity contribution in [3.8, 4) is 0 Å². The molecule has 6 N–H and O–H groups in total. The predicted octanol–water partition coefficient (Wildman–Crippen LogP) is 1.23. The van der Waals surface area contributed by atoms with Gasteiger partial charge in [0.25, 0.3) is 5.56 Å². The molecule has 9 nitrogen and oxygen atoms in total. The molecule has 142 valence electrons. The number of hydrogen-bond donors (Lipinski definition) is 4. The van der Waals surface area contributed by atoms with Gasteiger partial charge in [0.2, 0.25) is 5.13 Å². The van der Waals surface area contributed by atoms with Crippen molar-refractivity contribution in [3.05, 3.63) is 56.5 Å². The molecule has 0 unspecified atom stereocenters. The maximum absolute atomic E-state index is 12.3. The number of guanidine groups is 1. The number of nitrogens with two attached hydrogens (primary N) is 2. The van der Waals surface area contributed by atoms with Gasteiger partial charge in [0.15, 0.2) is 5.96 Å². The third kappa shape index (κ3) is 5.41. The van der Waals surface area contributed by atoms with Crippen molar-refractivity contribution < 1.29 is 0 Å². The Morgan fingerprint density at radius 2 is 2.19 bits per heavy atom. The van der Waals surface area contributed by atoms with Crippen molar-refractivity contribution in [2.75, 3.05) is 5.75 Å². The van der Waals surface area contributed by atoms with E-state index in [0.29, 0.717) is 29.4 Å². The van der Waals surface area contributed by atoms with E-state index in [1.165, 1.54) is 11.3 Å². The molecule has 3 aromatic heterocycles. The lowest BCUT2D eigenvalue weighted by Crippen LogP contribution is -2.21. The van der Waals surface area contributed by atoms with E-state index in [4.69, 9.17) is 11.5 Å². The second kappa shape index (κ2) is 8.82. The summed E-state index contributed by atoms with van der Waals surface area (Å²) in [6, 6.07) is 1.85. The molecule has 3 heterocycles. The number of aliphatic imine (C=N–C) groups is 1. The van der Waals surface area contributed by atoms with Crippen molar-refractivity contribution in [2.45, 2.75) is 25.5 Å². The summed E-state index contributed by atoms with van der Waals surface area (Å²) in [6.45, 7) is 1.89. The van der Waals surface area contributed by atoms with Crippen LogP contribution < -0.4 is 17.0 Å². The first-order valence-electron chi connectivity index (χ1n) is 8.20. The number of nitrogens with one attached hydrogen (secondary N) is 2. The zero-order valence-corrected chi connectivity index (χ0v) is 16.4. The fraction of sp³-hybridized carbons (Fsp3) is 0.312. The first-order chi connectivity index (χ1) is 13.0. The third-order valence-corrected chi connectivity index (χ3v) is 5.47. The Labute approximate surface area is 163 Å². The Balaban J connectivity index is 1.53. The van der Waals surface area contributed by atoms with Crippen LogP contribution in [0.4, 0.5) is 5.13 Å². The molecule has 0 saturated heterocycles. The van der Waals surface area contributed by atoms with Gasteiger partial charge in [-0.25, -0.2) is 4.98 Å². The summed E-state index contributed by atoms with van der Waals surface area (Å²) in [7, 11) is 0. The van der Waals surface area contributed by atoms with E-state index in [1.54, 1.807) is 18.0 Å². The highest BCUT2D eigenvalue weighted by Crippen LogP contribution is 2.22. The van der Waals surface area contributed by atoms with Gasteiger partial charge in [-0.1, -0.05) is 0 Å².